The summed E-state index contributed by atoms with van der Waals surface area (Å²) < 4.78 is 5.00. The van der Waals surface area contributed by atoms with Gasteiger partial charge >= 0.3 is 5.97 Å². The fourth-order valence-corrected chi connectivity index (χ4v) is 2.16. The van der Waals surface area contributed by atoms with Crippen LogP contribution in [0.15, 0.2) is 48.5 Å². The Morgan fingerprint density at radius 2 is 1.78 bits per heavy atom. The minimum atomic E-state index is -0.634. The van der Waals surface area contributed by atoms with Crippen molar-refractivity contribution in [3.05, 3.63) is 65.2 Å². The number of benzene rings is 2. The number of rotatable bonds is 6. The molecule has 0 aromatic heterocycles. The Balaban J connectivity index is 1.95. The zero-order valence-electron chi connectivity index (χ0n) is 13.3. The summed E-state index contributed by atoms with van der Waals surface area (Å²) in [6.07, 6.45) is 1.04. The Kier molecular flexibility index (Phi) is 5.52. The monoisotopic (exact) mass is 312 g/mol. The highest BCUT2D eigenvalue weighted by molar-refractivity contribution is 5.99. The quantitative estimate of drug-likeness (QED) is 0.648. The minimum Gasteiger partial charge on any atom is -0.508 e. The van der Waals surface area contributed by atoms with E-state index in [1.165, 1.54) is 23.8 Å². The minimum absolute atomic E-state index is 0.0218. The van der Waals surface area contributed by atoms with Crippen LogP contribution < -0.4 is 0 Å². The predicted molar refractivity (Wildman–Crippen MR) is 87.9 cm³/mol. The first-order valence-electron chi connectivity index (χ1n) is 7.60. The lowest BCUT2D eigenvalue weighted by molar-refractivity contribution is 0.0474. The second-order valence-corrected chi connectivity index (χ2v) is 5.48. The van der Waals surface area contributed by atoms with E-state index in [9.17, 15) is 14.7 Å². The third-order valence-corrected chi connectivity index (χ3v) is 3.83. The van der Waals surface area contributed by atoms with Gasteiger partial charge in [0.2, 0.25) is 0 Å². The molecule has 120 valence electrons. The molecule has 4 heteroatoms. The maximum atomic E-state index is 12.1. The number of aromatic hydroxyl groups is 1. The molecule has 4 nitrogen and oxygen atoms in total. The third-order valence-electron chi connectivity index (χ3n) is 3.83. The average Bonchev–Trinajstić information content (AvgIpc) is 2.58. The molecule has 1 N–H and O–H groups in total. The van der Waals surface area contributed by atoms with Crippen LogP contribution in [0.3, 0.4) is 0 Å². The zero-order chi connectivity index (χ0) is 16.8. The van der Waals surface area contributed by atoms with Crippen LogP contribution in [0.2, 0.25) is 0 Å². The number of phenolic OH excluding ortho intramolecular Hbond substituents is 1. The second-order valence-electron chi connectivity index (χ2n) is 5.48. The van der Waals surface area contributed by atoms with Crippen molar-refractivity contribution in [1.82, 2.24) is 0 Å². The summed E-state index contributed by atoms with van der Waals surface area (Å²) in [5.74, 6) is -0.464. The number of carbonyl (C=O) groups is 2. The van der Waals surface area contributed by atoms with Crippen molar-refractivity contribution < 1.29 is 19.4 Å². The fraction of sp³-hybridized carbons (Fsp3) is 0.263. The van der Waals surface area contributed by atoms with E-state index in [4.69, 9.17) is 4.74 Å². The van der Waals surface area contributed by atoms with E-state index in [1.54, 1.807) is 18.2 Å². The van der Waals surface area contributed by atoms with Crippen LogP contribution in [0.5, 0.6) is 5.75 Å². The molecule has 0 amide bonds. The van der Waals surface area contributed by atoms with E-state index in [0.29, 0.717) is 11.5 Å². The smallest absolute Gasteiger partial charge is 0.338 e. The molecule has 0 aliphatic rings. The fourth-order valence-electron chi connectivity index (χ4n) is 2.16. The molecule has 0 radical (unpaired) electrons. The maximum Gasteiger partial charge on any atom is 0.338 e. The summed E-state index contributed by atoms with van der Waals surface area (Å²) in [6.45, 7) is 3.93. The highest BCUT2D eigenvalue weighted by Crippen LogP contribution is 2.19. The molecule has 0 saturated heterocycles. The molecule has 1 atom stereocenters. The van der Waals surface area contributed by atoms with E-state index in [2.05, 4.69) is 13.8 Å². The van der Waals surface area contributed by atoms with Crippen LogP contribution in [0, 0.1) is 0 Å². The summed E-state index contributed by atoms with van der Waals surface area (Å²) in [5, 5.41) is 9.33. The van der Waals surface area contributed by atoms with Gasteiger partial charge in [0, 0.05) is 5.56 Å². The molecule has 0 spiro atoms. The molecular weight excluding hydrogens is 292 g/mol. The number of ketones is 1. The van der Waals surface area contributed by atoms with Crippen LogP contribution in [-0.4, -0.2) is 23.5 Å². The van der Waals surface area contributed by atoms with E-state index in [0.717, 1.165) is 6.42 Å². The summed E-state index contributed by atoms with van der Waals surface area (Å²) in [5.41, 5.74) is 1.91. The number of phenols is 1. The first-order valence-corrected chi connectivity index (χ1v) is 7.60. The van der Waals surface area contributed by atoms with Gasteiger partial charge in [0.05, 0.1) is 5.56 Å². The zero-order valence-corrected chi connectivity index (χ0v) is 13.3. The molecular formula is C19H20O4. The summed E-state index contributed by atoms with van der Waals surface area (Å²) >= 11 is 0. The van der Waals surface area contributed by atoms with Gasteiger partial charge in [0.15, 0.2) is 12.4 Å². The maximum absolute atomic E-state index is 12.1. The lowest BCUT2D eigenvalue weighted by Gasteiger charge is -2.09. The van der Waals surface area contributed by atoms with Crippen molar-refractivity contribution in [1.29, 1.82) is 0 Å². The van der Waals surface area contributed by atoms with Gasteiger partial charge in [0.25, 0.3) is 0 Å². The van der Waals surface area contributed by atoms with Gasteiger partial charge in [-0.05, 0) is 36.1 Å². The molecule has 2 rings (SSSR count). The lowest BCUT2D eigenvalue weighted by Crippen LogP contribution is -2.14. The molecule has 0 aliphatic heterocycles. The number of carbonyl (C=O) groups excluding carboxylic acids is 2. The highest BCUT2D eigenvalue weighted by Gasteiger charge is 2.13. The van der Waals surface area contributed by atoms with Crippen molar-refractivity contribution in [2.24, 2.45) is 0 Å². The van der Waals surface area contributed by atoms with Crippen LogP contribution in [-0.2, 0) is 4.74 Å². The van der Waals surface area contributed by atoms with Crippen molar-refractivity contribution in [2.75, 3.05) is 6.61 Å². The Bertz CT molecular complexity index is 689. The molecule has 23 heavy (non-hydrogen) atoms. The highest BCUT2D eigenvalue weighted by atomic mass is 16.5. The average molecular weight is 312 g/mol. The van der Waals surface area contributed by atoms with Crippen LogP contribution >= 0.6 is 0 Å². The molecule has 0 aliphatic carbocycles. The third kappa shape index (κ3) is 4.42. The number of hydrogen-bond donors (Lipinski definition) is 1. The molecule has 0 saturated carbocycles. The second kappa shape index (κ2) is 7.58. The van der Waals surface area contributed by atoms with Gasteiger partial charge in [-0.2, -0.15) is 0 Å². The van der Waals surface area contributed by atoms with Crippen LogP contribution in [0.1, 0.15) is 52.5 Å². The van der Waals surface area contributed by atoms with Gasteiger partial charge in [-0.1, -0.05) is 44.2 Å². The van der Waals surface area contributed by atoms with E-state index in [-0.39, 0.29) is 23.7 Å². The van der Waals surface area contributed by atoms with E-state index < -0.39 is 5.97 Å². The Labute approximate surface area is 135 Å². The van der Waals surface area contributed by atoms with E-state index >= 15 is 0 Å². The van der Waals surface area contributed by atoms with Gasteiger partial charge < -0.3 is 9.84 Å². The predicted octanol–water partition coefficient (Wildman–Crippen LogP) is 3.95. The van der Waals surface area contributed by atoms with Gasteiger partial charge in [-0.3, -0.25) is 4.79 Å². The van der Waals surface area contributed by atoms with Crippen molar-refractivity contribution in [2.45, 2.75) is 26.2 Å². The molecule has 2 aromatic carbocycles. The lowest BCUT2D eigenvalue weighted by atomic mass is 9.97. The van der Waals surface area contributed by atoms with Crippen molar-refractivity contribution >= 4 is 11.8 Å². The number of Topliss-reactive ketones (excluding diaryl/α,β-unsaturated/α-hetero) is 1. The van der Waals surface area contributed by atoms with Crippen molar-refractivity contribution in [3.8, 4) is 5.75 Å². The van der Waals surface area contributed by atoms with Crippen molar-refractivity contribution in [3.63, 3.8) is 0 Å². The van der Waals surface area contributed by atoms with Crippen LogP contribution in [0.4, 0.5) is 0 Å². The summed E-state index contributed by atoms with van der Waals surface area (Å²) in [6, 6.07) is 13.2. The number of esters is 1. The summed E-state index contributed by atoms with van der Waals surface area (Å²) in [4.78, 5) is 23.9. The normalized spacial score (nSPS) is 11.7. The van der Waals surface area contributed by atoms with Crippen LogP contribution in [0.25, 0.3) is 0 Å². The topological polar surface area (TPSA) is 63.6 Å². The molecule has 2 aromatic rings. The van der Waals surface area contributed by atoms with E-state index in [1.807, 2.05) is 12.1 Å². The van der Waals surface area contributed by atoms with Gasteiger partial charge in [0.1, 0.15) is 5.75 Å². The standard InChI is InChI=1S/C19H20O4/c1-3-13(2)14-7-9-15(10-8-14)18(21)12-23-19(22)16-5-4-6-17(20)11-16/h4-11,13,20H,3,12H2,1-2H3/t13-/m0/s1. The molecule has 0 fully saturated rings. The Morgan fingerprint density at radius 1 is 1.09 bits per heavy atom. The van der Waals surface area contributed by atoms with Gasteiger partial charge in [-0.25, -0.2) is 4.79 Å². The molecule has 0 heterocycles. The molecule has 0 unspecified atom stereocenters. The summed E-state index contributed by atoms with van der Waals surface area (Å²) in [7, 11) is 0. The Hall–Kier alpha value is -2.62. The number of ether oxygens (including phenoxy) is 1. The number of hydrogen-bond acceptors (Lipinski definition) is 4. The Morgan fingerprint density at radius 3 is 2.39 bits per heavy atom. The molecule has 0 bridgehead atoms. The largest absolute Gasteiger partial charge is 0.508 e. The first kappa shape index (κ1) is 16.7. The SMILES string of the molecule is CC[C@H](C)c1ccc(C(=O)COC(=O)c2cccc(O)c2)cc1. The first-order chi connectivity index (χ1) is 11.0. The van der Waals surface area contributed by atoms with Gasteiger partial charge in [-0.15, -0.1) is 0 Å².